The average molecular weight is 225 g/mol. The molecular formula is C14H11NO2. The summed E-state index contributed by atoms with van der Waals surface area (Å²) in [7, 11) is 1.64. The number of hydrogen-bond donors (Lipinski definition) is 0. The van der Waals surface area contributed by atoms with Gasteiger partial charge < -0.3 is 9.47 Å². The number of benzene rings is 1. The summed E-state index contributed by atoms with van der Waals surface area (Å²) in [5.74, 6) is 2.29. The van der Waals surface area contributed by atoms with E-state index in [9.17, 15) is 0 Å². The molecule has 0 radical (unpaired) electrons. The van der Waals surface area contributed by atoms with Gasteiger partial charge in [0.05, 0.1) is 7.11 Å². The summed E-state index contributed by atoms with van der Waals surface area (Å²) in [6, 6.07) is 7.71. The van der Waals surface area contributed by atoms with Crippen LogP contribution in [0.5, 0.6) is 5.75 Å². The number of ether oxygens (including phenoxy) is 2. The third kappa shape index (κ3) is 1.76. The number of nitrogens with zero attached hydrogens (tertiary/aromatic N) is 1. The van der Waals surface area contributed by atoms with E-state index in [0.717, 1.165) is 28.7 Å². The molecule has 0 spiro atoms. The minimum absolute atomic E-state index is 0.743. The lowest BCUT2D eigenvalue weighted by molar-refractivity contribution is 0.307. The van der Waals surface area contributed by atoms with Crippen molar-refractivity contribution in [2.45, 2.75) is 0 Å². The van der Waals surface area contributed by atoms with Crippen LogP contribution in [0.3, 0.4) is 0 Å². The lowest BCUT2D eigenvalue weighted by Gasteiger charge is -2.17. The zero-order chi connectivity index (χ0) is 11.7. The van der Waals surface area contributed by atoms with Gasteiger partial charge in [-0.3, -0.25) is 0 Å². The minimum Gasteiger partial charge on any atom is -0.497 e. The lowest BCUT2D eigenvalue weighted by atomic mass is 10.2. The van der Waals surface area contributed by atoms with E-state index < -0.39 is 0 Å². The highest BCUT2D eigenvalue weighted by Crippen LogP contribution is 2.34. The SMILES string of the molecule is COC1=CC2=Nc3ccccc3OC2=CC=C1. The Kier molecular flexibility index (Phi) is 2.29. The van der Waals surface area contributed by atoms with Crippen molar-refractivity contribution in [3.05, 3.63) is 60.1 Å². The number of allylic oxidation sites excluding steroid dienone is 4. The standard InChI is InChI=1S/C14H11NO2/c1-16-10-5-4-8-14-12(9-10)15-11-6-2-3-7-13(11)17-14/h2-9H,1H3. The first-order chi connectivity index (χ1) is 8.36. The van der Waals surface area contributed by atoms with Crippen LogP contribution in [-0.2, 0) is 4.74 Å². The van der Waals surface area contributed by atoms with Crippen molar-refractivity contribution < 1.29 is 9.47 Å². The highest BCUT2D eigenvalue weighted by Gasteiger charge is 2.18. The molecule has 1 aliphatic heterocycles. The third-order valence-electron chi connectivity index (χ3n) is 2.60. The zero-order valence-electron chi connectivity index (χ0n) is 9.38. The number of methoxy groups -OCH3 is 1. The number of hydrogen-bond acceptors (Lipinski definition) is 3. The van der Waals surface area contributed by atoms with E-state index in [2.05, 4.69) is 4.99 Å². The molecule has 0 bridgehead atoms. The number of fused-ring (bicyclic) bond motifs is 2. The quantitative estimate of drug-likeness (QED) is 0.735. The summed E-state index contributed by atoms with van der Waals surface area (Å²) >= 11 is 0. The number of para-hydroxylation sites is 2. The normalized spacial score (nSPS) is 16.6. The molecule has 3 rings (SSSR count). The highest BCUT2D eigenvalue weighted by atomic mass is 16.5. The maximum atomic E-state index is 5.79. The smallest absolute Gasteiger partial charge is 0.153 e. The summed E-state index contributed by atoms with van der Waals surface area (Å²) in [6.07, 6.45) is 7.52. The Labute approximate surface area is 99.4 Å². The molecule has 1 aromatic rings. The summed E-state index contributed by atoms with van der Waals surface area (Å²) < 4.78 is 11.0. The van der Waals surface area contributed by atoms with Gasteiger partial charge in [-0.2, -0.15) is 0 Å². The predicted octanol–water partition coefficient (Wildman–Crippen LogP) is 3.14. The van der Waals surface area contributed by atoms with Crippen molar-refractivity contribution >= 4 is 11.4 Å². The van der Waals surface area contributed by atoms with Crippen molar-refractivity contribution in [1.82, 2.24) is 0 Å². The van der Waals surface area contributed by atoms with Gasteiger partial charge in [0.25, 0.3) is 0 Å². The molecule has 1 aromatic carbocycles. The summed E-state index contributed by atoms with van der Waals surface area (Å²) in [4.78, 5) is 4.55. The molecule has 2 aliphatic rings. The molecule has 17 heavy (non-hydrogen) atoms. The molecule has 3 heteroatoms. The van der Waals surface area contributed by atoms with Crippen molar-refractivity contribution in [2.75, 3.05) is 7.11 Å². The van der Waals surface area contributed by atoms with Crippen LogP contribution in [0, 0.1) is 0 Å². The second-order valence-electron chi connectivity index (χ2n) is 3.71. The lowest BCUT2D eigenvalue weighted by Crippen LogP contribution is -2.10. The van der Waals surface area contributed by atoms with Gasteiger partial charge in [0.15, 0.2) is 11.5 Å². The first-order valence-electron chi connectivity index (χ1n) is 5.37. The monoisotopic (exact) mass is 225 g/mol. The molecule has 1 heterocycles. The largest absolute Gasteiger partial charge is 0.497 e. The van der Waals surface area contributed by atoms with E-state index in [1.165, 1.54) is 0 Å². The predicted molar refractivity (Wildman–Crippen MR) is 66.5 cm³/mol. The van der Waals surface area contributed by atoms with E-state index >= 15 is 0 Å². The van der Waals surface area contributed by atoms with Crippen LogP contribution in [-0.4, -0.2) is 12.8 Å². The zero-order valence-corrected chi connectivity index (χ0v) is 9.38. The van der Waals surface area contributed by atoms with Gasteiger partial charge in [0, 0.05) is 6.08 Å². The molecule has 3 nitrogen and oxygen atoms in total. The molecule has 0 unspecified atom stereocenters. The van der Waals surface area contributed by atoms with Crippen LogP contribution < -0.4 is 4.74 Å². The fraction of sp³-hybridized carbons (Fsp3) is 0.0714. The van der Waals surface area contributed by atoms with E-state index in [0.29, 0.717) is 0 Å². The molecule has 0 fully saturated rings. The maximum absolute atomic E-state index is 5.79. The van der Waals surface area contributed by atoms with Crippen LogP contribution in [0.1, 0.15) is 0 Å². The van der Waals surface area contributed by atoms with Crippen molar-refractivity contribution in [1.29, 1.82) is 0 Å². The molecule has 0 atom stereocenters. The Morgan fingerprint density at radius 2 is 2.12 bits per heavy atom. The van der Waals surface area contributed by atoms with Gasteiger partial charge in [-0.05, 0) is 24.3 Å². The van der Waals surface area contributed by atoms with Crippen LogP contribution >= 0.6 is 0 Å². The second-order valence-corrected chi connectivity index (χ2v) is 3.71. The molecule has 1 aliphatic carbocycles. The van der Waals surface area contributed by atoms with Crippen LogP contribution in [0.4, 0.5) is 5.69 Å². The van der Waals surface area contributed by atoms with E-state index in [1.807, 2.05) is 48.6 Å². The fourth-order valence-corrected chi connectivity index (χ4v) is 1.75. The molecule has 0 saturated carbocycles. The van der Waals surface area contributed by atoms with Crippen molar-refractivity contribution in [3.63, 3.8) is 0 Å². The van der Waals surface area contributed by atoms with Gasteiger partial charge in [-0.1, -0.05) is 18.2 Å². The van der Waals surface area contributed by atoms with Gasteiger partial charge in [-0.15, -0.1) is 0 Å². The summed E-state index contributed by atoms with van der Waals surface area (Å²) in [6.45, 7) is 0. The number of rotatable bonds is 1. The summed E-state index contributed by atoms with van der Waals surface area (Å²) in [5, 5.41) is 0. The van der Waals surface area contributed by atoms with E-state index in [1.54, 1.807) is 7.11 Å². The van der Waals surface area contributed by atoms with Crippen LogP contribution in [0.15, 0.2) is 65.1 Å². The van der Waals surface area contributed by atoms with Crippen molar-refractivity contribution in [2.24, 2.45) is 4.99 Å². The Balaban J connectivity index is 2.12. The van der Waals surface area contributed by atoms with Gasteiger partial charge in [0.2, 0.25) is 0 Å². The molecule has 0 saturated heterocycles. The third-order valence-corrected chi connectivity index (χ3v) is 2.60. The number of aliphatic imine (C=N–C) groups is 1. The molecule has 0 amide bonds. The van der Waals surface area contributed by atoms with Gasteiger partial charge in [0.1, 0.15) is 17.2 Å². The van der Waals surface area contributed by atoms with Crippen molar-refractivity contribution in [3.8, 4) is 5.75 Å². The Morgan fingerprint density at radius 1 is 1.24 bits per heavy atom. The molecular weight excluding hydrogens is 214 g/mol. The second kappa shape index (κ2) is 3.94. The van der Waals surface area contributed by atoms with Gasteiger partial charge >= 0.3 is 0 Å². The van der Waals surface area contributed by atoms with E-state index in [4.69, 9.17) is 9.47 Å². The first-order valence-corrected chi connectivity index (χ1v) is 5.37. The molecule has 84 valence electrons. The Hall–Kier alpha value is -2.29. The minimum atomic E-state index is 0.743. The summed E-state index contributed by atoms with van der Waals surface area (Å²) in [5.41, 5.74) is 1.62. The first kappa shape index (κ1) is 9.90. The highest BCUT2D eigenvalue weighted by molar-refractivity contribution is 6.10. The van der Waals surface area contributed by atoms with Gasteiger partial charge in [-0.25, -0.2) is 4.99 Å². The van der Waals surface area contributed by atoms with E-state index in [-0.39, 0.29) is 0 Å². The Bertz CT molecular complexity index is 580. The van der Waals surface area contributed by atoms with Crippen LogP contribution in [0.25, 0.3) is 0 Å². The Morgan fingerprint density at radius 3 is 3.00 bits per heavy atom. The average Bonchev–Trinajstić information content (AvgIpc) is 2.57. The van der Waals surface area contributed by atoms with Crippen LogP contribution in [0.2, 0.25) is 0 Å². The molecule has 0 N–H and O–H groups in total. The molecule has 0 aromatic heterocycles. The maximum Gasteiger partial charge on any atom is 0.153 e. The topological polar surface area (TPSA) is 30.8 Å². The fourth-order valence-electron chi connectivity index (χ4n) is 1.75.